The van der Waals surface area contributed by atoms with E-state index in [9.17, 15) is 0 Å². The van der Waals surface area contributed by atoms with Crippen LogP contribution in [0.1, 0.15) is 24.4 Å². The molecule has 1 aliphatic heterocycles. The van der Waals surface area contributed by atoms with Gasteiger partial charge in [0.25, 0.3) is 5.89 Å². The molecule has 0 radical (unpaired) electrons. The highest BCUT2D eigenvalue weighted by atomic mass is 16.5. The number of nitrogens with zero attached hydrogens (tertiary/aromatic N) is 3. The Balaban J connectivity index is 1.85. The average Bonchev–Trinajstić information content (AvgIpc) is 3.00. The van der Waals surface area contributed by atoms with Gasteiger partial charge in [-0.3, -0.25) is 4.90 Å². The highest BCUT2D eigenvalue weighted by Gasteiger charge is 2.26. The SMILES string of the molecule is CCN1CCOC(c2noc(-c3cccc(C)c3N)n2)C1. The molecule has 1 fully saturated rings. The monoisotopic (exact) mass is 288 g/mol. The van der Waals surface area contributed by atoms with Crippen LogP contribution in [0.4, 0.5) is 5.69 Å². The van der Waals surface area contributed by atoms with Crippen LogP contribution in [0, 0.1) is 6.92 Å². The molecule has 0 saturated carbocycles. The summed E-state index contributed by atoms with van der Waals surface area (Å²) in [5.74, 6) is 1.03. The summed E-state index contributed by atoms with van der Waals surface area (Å²) in [7, 11) is 0. The third-order valence-electron chi connectivity index (χ3n) is 3.88. The van der Waals surface area contributed by atoms with E-state index in [0.717, 1.165) is 30.8 Å². The number of rotatable bonds is 3. The maximum atomic E-state index is 6.08. The van der Waals surface area contributed by atoms with Crippen LogP contribution in [0.3, 0.4) is 0 Å². The van der Waals surface area contributed by atoms with E-state index in [1.165, 1.54) is 0 Å². The topological polar surface area (TPSA) is 77.4 Å². The van der Waals surface area contributed by atoms with Gasteiger partial charge in [0, 0.05) is 18.8 Å². The van der Waals surface area contributed by atoms with Crippen LogP contribution in [0.25, 0.3) is 11.5 Å². The predicted octanol–water partition coefficient (Wildman–Crippen LogP) is 2.02. The number of nitrogen functional groups attached to an aromatic ring is 1. The van der Waals surface area contributed by atoms with Crippen molar-refractivity contribution in [1.29, 1.82) is 0 Å². The molecule has 1 aliphatic rings. The molecule has 1 saturated heterocycles. The van der Waals surface area contributed by atoms with Gasteiger partial charge in [0.05, 0.1) is 12.2 Å². The molecule has 1 atom stereocenters. The van der Waals surface area contributed by atoms with E-state index in [1.54, 1.807) is 0 Å². The van der Waals surface area contributed by atoms with E-state index in [-0.39, 0.29) is 6.10 Å². The molecule has 6 heteroatoms. The minimum atomic E-state index is -0.137. The van der Waals surface area contributed by atoms with Gasteiger partial charge >= 0.3 is 0 Å². The lowest BCUT2D eigenvalue weighted by Gasteiger charge is -2.30. The van der Waals surface area contributed by atoms with Crippen molar-refractivity contribution in [3.63, 3.8) is 0 Å². The summed E-state index contributed by atoms with van der Waals surface area (Å²) in [5.41, 5.74) is 8.53. The molecule has 3 rings (SSSR count). The van der Waals surface area contributed by atoms with E-state index in [0.29, 0.717) is 24.0 Å². The minimum absolute atomic E-state index is 0.137. The Morgan fingerprint density at radius 3 is 3.10 bits per heavy atom. The summed E-state index contributed by atoms with van der Waals surface area (Å²) in [5, 5.41) is 4.06. The van der Waals surface area contributed by atoms with Crippen molar-refractivity contribution in [2.45, 2.75) is 20.0 Å². The zero-order chi connectivity index (χ0) is 14.8. The van der Waals surface area contributed by atoms with Crippen LogP contribution in [0.2, 0.25) is 0 Å². The average molecular weight is 288 g/mol. The smallest absolute Gasteiger partial charge is 0.260 e. The van der Waals surface area contributed by atoms with Crippen molar-refractivity contribution in [3.05, 3.63) is 29.6 Å². The van der Waals surface area contributed by atoms with Crippen LogP contribution in [0.5, 0.6) is 0 Å². The molecule has 0 amide bonds. The first-order chi connectivity index (χ1) is 10.2. The molecule has 0 bridgehead atoms. The van der Waals surface area contributed by atoms with Gasteiger partial charge in [0.2, 0.25) is 5.82 Å². The van der Waals surface area contributed by atoms with E-state index in [2.05, 4.69) is 22.0 Å². The normalized spacial score (nSPS) is 19.8. The number of morpholine rings is 1. The van der Waals surface area contributed by atoms with Crippen LogP contribution in [0.15, 0.2) is 22.7 Å². The molecular weight excluding hydrogens is 268 g/mol. The van der Waals surface area contributed by atoms with Gasteiger partial charge in [-0.05, 0) is 25.1 Å². The Morgan fingerprint density at radius 1 is 1.43 bits per heavy atom. The third kappa shape index (κ3) is 2.77. The van der Waals surface area contributed by atoms with Crippen molar-refractivity contribution in [2.24, 2.45) is 0 Å². The summed E-state index contributed by atoms with van der Waals surface area (Å²) in [6, 6.07) is 5.78. The largest absolute Gasteiger partial charge is 0.398 e. The second-order valence-electron chi connectivity index (χ2n) is 5.25. The highest BCUT2D eigenvalue weighted by Crippen LogP contribution is 2.28. The Kier molecular flexibility index (Phi) is 3.90. The maximum Gasteiger partial charge on any atom is 0.260 e. The zero-order valence-electron chi connectivity index (χ0n) is 12.4. The second-order valence-corrected chi connectivity index (χ2v) is 5.25. The van der Waals surface area contributed by atoms with Crippen molar-refractivity contribution in [1.82, 2.24) is 15.0 Å². The molecule has 2 aromatic rings. The van der Waals surface area contributed by atoms with Crippen LogP contribution < -0.4 is 5.73 Å². The van der Waals surface area contributed by atoms with Gasteiger partial charge in [-0.2, -0.15) is 4.98 Å². The quantitative estimate of drug-likeness (QED) is 0.871. The van der Waals surface area contributed by atoms with Gasteiger partial charge < -0.3 is 15.0 Å². The Bertz CT molecular complexity index is 626. The van der Waals surface area contributed by atoms with Crippen molar-refractivity contribution < 1.29 is 9.26 Å². The lowest BCUT2D eigenvalue weighted by molar-refractivity contribution is -0.0334. The first-order valence-electron chi connectivity index (χ1n) is 7.22. The van der Waals surface area contributed by atoms with E-state index in [4.69, 9.17) is 15.0 Å². The summed E-state index contributed by atoms with van der Waals surface area (Å²) in [6.45, 7) is 7.52. The van der Waals surface area contributed by atoms with Crippen molar-refractivity contribution in [3.8, 4) is 11.5 Å². The predicted molar refractivity (Wildman–Crippen MR) is 79.7 cm³/mol. The molecule has 6 nitrogen and oxygen atoms in total. The third-order valence-corrected chi connectivity index (χ3v) is 3.88. The summed E-state index contributed by atoms with van der Waals surface area (Å²) in [4.78, 5) is 6.78. The number of para-hydroxylation sites is 1. The van der Waals surface area contributed by atoms with Crippen molar-refractivity contribution in [2.75, 3.05) is 32.0 Å². The minimum Gasteiger partial charge on any atom is -0.398 e. The van der Waals surface area contributed by atoms with Gasteiger partial charge in [-0.15, -0.1) is 0 Å². The zero-order valence-corrected chi connectivity index (χ0v) is 12.4. The molecular formula is C15H20N4O2. The number of anilines is 1. The van der Waals surface area contributed by atoms with Gasteiger partial charge in [0.1, 0.15) is 6.10 Å². The maximum absolute atomic E-state index is 6.08. The first-order valence-corrected chi connectivity index (χ1v) is 7.22. The molecule has 112 valence electrons. The fraction of sp³-hybridized carbons (Fsp3) is 0.467. The van der Waals surface area contributed by atoms with E-state index >= 15 is 0 Å². The van der Waals surface area contributed by atoms with Crippen LogP contribution in [-0.4, -0.2) is 41.3 Å². The molecule has 1 aromatic heterocycles. The molecule has 0 aliphatic carbocycles. The lowest BCUT2D eigenvalue weighted by atomic mass is 10.1. The summed E-state index contributed by atoms with van der Waals surface area (Å²) < 4.78 is 11.1. The Labute approximate surface area is 123 Å². The number of hydrogen-bond donors (Lipinski definition) is 1. The number of aryl methyl sites for hydroxylation is 1. The number of aromatic nitrogens is 2. The number of nitrogens with two attached hydrogens (primary N) is 1. The van der Waals surface area contributed by atoms with Gasteiger partial charge in [0.15, 0.2) is 0 Å². The van der Waals surface area contributed by atoms with E-state index < -0.39 is 0 Å². The lowest BCUT2D eigenvalue weighted by Crippen LogP contribution is -2.38. The van der Waals surface area contributed by atoms with Gasteiger partial charge in [-0.25, -0.2) is 0 Å². The van der Waals surface area contributed by atoms with Crippen LogP contribution in [-0.2, 0) is 4.74 Å². The number of likely N-dealkylation sites (N-methyl/N-ethyl adjacent to an activating group) is 1. The van der Waals surface area contributed by atoms with E-state index in [1.807, 2.05) is 25.1 Å². The molecule has 2 heterocycles. The second kappa shape index (κ2) is 5.83. The first kappa shape index (κ1) is 14.0. The Hall–Kier alpha value is -1.92. The number of ether oxygens (including phenoxy) is 1. The van der Waals surface area contributed by atoms with Crippen molar-refractivity contribution >= 4 is 5.69 Å². The molecule has 1 unspecified atom stereocenters. The molecule has 21 heavy (non-hydrogen) atoms. The number of benzene rings is 1. The molecule has 1 aromatic carbocycles. The molecule has 2 N–H and O–H groups in total. The van der Waals surface area contributed by atoms with Crippen LogP contribution >= 0.6 is 0 Å². The highest BCUT2D eigenvalue weighted by molar-refractivity contribution is 5.73. The number of hydrogen-bond acceptors (Lipinski definition) is 6. The fourth-order valence-electron chi connectivity index (χ4n) is 2.49. The summed E-state index contributed by atoms with van der Waals surface area (Å²) >= 11 is 0. The molecule has 0 spiro atoms. The standard InChI is InChI=1S/C15H20N4O2/c1-3-19-7-8-20-12(9-19)14-17-15(21-18-14)11-6-4-5-10(2)13(11)16/h4-6,12H,3,7-9,16H2,1-2H3. The van der Waals surface area contributed by atoms with Gasteiger partial charge in [-0.1, -0.05) is 24.2 Å². The Morgan fingerprint density at radius 2 is 2.29 bits per heavy atom. The summed E-state index contributed by atoms with van der Waals surface area (Å²) in [6.07, 6.45) is -0.137. The fourth-order valence-corrected chi connectivity index (χ4v) is 2.49.